The van der Waals surface area contributed by atoms with Crippen molar-refractivity contribution in [1.29, 1.82) is 0 Å². The average Bonchev–Trinajstić information content (AvgIpc) is 3.01. The van der Waals surface area contributed by atoms with Gasteiger partial charge in [-0.2, -0.15) is 0 Å². The maximum atomic E-state index is 14.4. The molecular weight excluding hydrogens is 349 g/mol. The van der Waals surface area contributed by atoms with Gasteiger partial charge in [-0.05, 0) is 47.9 Å². The number of carbonyl (C=O) groups excluding carboxylic acids is 1. The number of nitrogens with one attached hydrogen (secondary N) is 1. The highest BCUT2D eigenvalue weighted by molar-refractivity contribution is 7.13. The van der Waals surface area contributed by atoms with Crippen molar-refractivity contribution in [3.63, 3.8) is 0 Å². The molecular formula is C18H19F3N2OS. The number of anilines is 1. The molecule has 0 spiro atoms. The second-order valence-electron chi connectivity index (χ2n) is 6.98. The number of alkyl halides is 2. The number of rotatable bonds is 3. The van der Waals surface area contributed by atoms with Gasteiger partial charge in [-0.1, -0.05) is 20.8 Å². The number of fused-ring (bicyclic) bond motifs is 1. The Morgan fingerprint density at radius 3 is 2.72 bits per heavy atom. The first kappa shape index (κ1) is 17.9. The van der Waals surface area contributed by atoms with Gasteiger partial charge in [0.25, 0.3) is 12.3 Å². The van der Waals surface area contributed by atoms with Crippen LogP contribution in [-0.4, -0.2) is 10.9 Å². The number of carbonyl (C=O) groups is 1. The smallest absolute Gasteiger partial charge is 0.282 e. The van der Waals surface area contributed by atoms with E-state index in [2.05, 4.69) is 10.3 Å². The number of halogens is 3. The van der Waals surface area contributed by atoms with Crippen LogP contribution in [0.5, 0.6) is 0 Å². The summed E-state index contributed by atoms with van der Waals surface area (Å²) in [4.78, 5) is 16.2. The molecule has 3 rings (SSSR count). The van der Waals surface area contributed by atoms with Crippen LogP contribution in [0.2, 0.25) is 0 Å². The van der Waals surface area contributed by atoms with E-state index in [1.165, 1.54) is 12.1 Å². The van der Waals surface area contributed by atoms with Gasteiger partial charge >= 0.3 is 0 Å². The molecule has 0 saturated heterocycles. The summed E-state index contributed by atoms with van der Waals surface area (Å²) in [5.41, 5.74) is 0.950. The van der Waals surface area contributed by atoms with Crippen LogP contribution in [-0.2, 0) is 11.8 Å². The molecule has 3 nitrogen and oxygen atoms in total. The molecule has 1 N–H and O–H groups in total. The summed E-state index contributed by atoms with van der Waals surface area (Å²) in [7, 11) is 0. The van der Waals surface area contributed by atoms with Gasteiger partial charge in [-0.15, -0.1) is 11.3 Å². The van der Waals surface area contributed by atoms with Crippen molar-refractivity contribution in [2.45, 2.75) is 46.0 Å². The lowest BCUT2D eigenvalue weighted by Gasteiger charge is -2.25. The van der Waals surface area contributed by atoms with Crippen molar-refractivity contribution in [1.82, 2.24) is 4.98 Å². The Morgan fingerprint density at radius 2 is 2.08 bits per heavy atom. The quantitative estimate of drug-likeness (QED) is 0.804. The minimum absolute atomic E-state index is 0.101. The molecule has 1 heterocycles. The summed E-state index contributed by atoms with van der Waals surface area (Å²) in [6, 6.07) is 2.82. The average molecular weight is 368 g/mol. The number of thiazole rings is 1. The van der Waals surface area contributed by atoms with Crippen molar-refractivity contribution in [3.05, 3.63) is 44.7 Å². The lowest BCUT2D eigenvalue weighted by atomic mass is 9.79. The van der Waals surface area contributed by atoms with Crippen molar-refractivity contribution >= 4 is 22.9 Å². The molecule has 0 fully saturated rings. The third-order valence-corrected chi connectivity index (χ3v) is 6.06. The molecule has 1 aliphatic carbocycles. The molecule has 1 aromatic carbocycles. The van der Waals surface area contributed by atoms with Crippen LogP contribution in [0.25, 0.3) is 0 Å². The standard InChI is InChI=1S/C18H19F3N2OS/c1-8-7-10-12(6-5-11(19)13(10)18(8,3)4)23-17(24)15-14(16(20)21)22-9(2)25-15/h5-6,8,16H,7H2,1-4H3,(H,23,24). The predicted octanol–water partition coefficient (Wildman–Crippen LogP) is 5.25. The van der Waals surface area contributed by atoms with Crippen molar-refractivity contribution in [2.75, 3.05) is 5.32 Å². The van der Waals surface area contributed by atoms with E-state index in [-0.39, 0.29) is 22.0 Å². The predicted molar refractivity (Wildman–Crippen MR) is 92.1 cm³/mol. The van der Waals surface area contributed by atoms with Crippen molar-refractivity contribution in [2.24, 2.45) is 5.92 Å². The van der Waals surface area contributed by atoms with Crippen LogP contribution in [0.3, 0.4) is 0 Å². The van der Waals surface area contributed by atoms with Crippen molar-refractivity contribution in [3.8, 4) is 0 Å². The third kappa shape index (κ3) is 2.94. The zero-order chi connectivity index (χ0) is 18.5. The lowest BCUT2D eigenvalue weighted by molar-refractivity contribution is 0.101. The second-order valence-corrected chi connectivity index (χ2v) is 8.18. The van der Waals surface area contributed by atoms with Gasteiger partial charge in [0.2, 0.25) is 0 Å². The first-order valence-corrected chi connectivity index (χ1v) is 8.83. The van der Waals surface area contributed by atoms with E-state index >= 15 is 0 Å². The Bertz CT molecular complexity index is 845. The SMILES string of the molecule is Cc1nc(C(F)F)c(C(=O)Nc2ccc(F)c3c2CC(C)C3(C)C)s1. The molecule has 1 aromatic heterocycles. The molecule has 2 aromatic rings. The van der Waals surface area contributed by atoms with Gasteiger partial charge in [-0.3, -0.25) is 4.79 Å². The van der Waals surface area contributed by atoms with Crippen LogP contribution in [0.4, 0.5) is 18.9 Å². The number of aromatic nitrogens is 1. The highest BCUT2D eigenvalue weighted by Crippen LogP contribution is 2.46. The van der Waals surface area contributed by atoms with Gasteiger partial charge in [-0.25, -0.2) is 18.2 Å². The molecule has 0 bridgehead atoms. The molecule has 1 unspecified atom stereocenters. The molecule has 1 amide bonds. The van der Waals surface area contributed by atoms with E-state index < -0.39 is 18.0 Å². The minimum atomic E-state index is -2.82. The minimum Gasteiger partial charge on any atom is -0.321 e. The largest absolute Gasteiger partial charge is 0.321 e. The lowest BCUT2D eigenvalue weighted by Crippen LogP contribution is -2.22. The molecule has 0 aliphatic heterocycles. The molecule has 1 aliphatic rings. The second kappa shape index (κ2) is 6.12. The first-order chi connectivity index (χ1) is 11.6. The number of benzene rings is 1. The monoisotopic (exact) mass is 368 g/mol. The molecule has 1 atom stereocenters. The summed E-state index contributed by atoms with van der Waals surface area (Å²) >= 11 is 0.930. The Kier molecular flexibility index (Phi) is 4.39. The van der Waals surface area contributed by atoms with Crippen LogP contribution >= 0.6 is 11.3 Å². The fraction of sp³-hybridized carbons (Fsp3) is 0.444. The van der Waals surface area contributed by atoms with E-state index in [0.717, 1.165) is 16.9 Å². The number of hydrogen-bond donors (Lipinski definition) is 1. The molecule has 0 saturated carbocycles. The maximum absolute atomic E-state index is 14.4. The Hall–Kier alpha value is -1.89. The fourth-order valence-corrected chi connectivity index (χ4v) is 4.21. The zero-order valence-corrected chi connectivity index (χ0v) is 15.2. The third-order valence-electron chi connectivity index (χ3n) is 5.07. The van der Waals surface area contributed by atoms with E-state index in [9.17, 15) is 18.0 Å². The normalized spacial score (nSPS) is 18.5. The Labute approximate surface area is 148 Å². The van der Waals surface area contributed by atoms with Crippen LogP contribution in [0.1, 0.15) is 58.7 Å². The summed E-state index contributed by atoms with van der Waals surface area (Å²) in [5, 5.41) is 3.09. The summed E-state index contributed by atoms with van der Waals surface area (Å²) in [5.74, 6) is -0.728. The van der Waals surface area contributed by atoms with E-state index in [0.29, 0.717) is 22.7 Å². The Balaban J connectivity index is 1.99. The van der Waals surface area contributed by atoms with E-state index in [4.69, 9.17) is 0 Å². The fourth-order valence-electron chi connectivity index (χ4n) is 3.39. The van der Waals surface area contributed by atoms with Gasteiger partial charge in [0.1, 0.15) is 16.4 Å². The topological polar surface area (TPSA) is 42.0 Å². The number of amides is 1. The van der Waals surface area contributed by atoms with E-state index in [1.54, 1.807) is 6.92 Å². The highest BCUT2D eigenvalue weighted by atomic mass is 32.1. The zero-order valence-electron chi connectivity index (χ0n) is 14.4. The molecule has 7 heteroatoms. The van der Waals surface area contributed by atoms with Crippen molar-refractivity contribution < 1.29 is 18.0 Å². The molecule has 134 valence electrons. The number of nitrogens with zero attached hydrogens (tertiary/aromatic N) is 1. The highest BCUT2D eigenvalue weighted by Gasteiger charge is 2.40. The summed E-state index contributed by atoms with van der Waals surface area (Å²) in [6.45, 7) is 7.55. The van der Waals surface area contributed by atoms with E-state index in [1.807, 2.05) is 20.8 Å². The summed E-state index contributed by atoms with van der Waals surface area (Å²) < 4.78 is 40.5. The Morgan fingerprint density at radius 1 is 1.40 bits per heavy atom. The van der Waals surface area contributed by atoms with Crippen LogP contribution in [0, 0.1) is 18.7 Å². The van der Waals surface area contributed by atoms with Gasteiger partial charge in [0, 0.05) is 5.69 Å². The van der Waals surface area contributed by atoms with Gasteiger partial charge < -0.3 is 5.32 Å². The molecule has 25 heavy (non-hydrogen) atoms. The van der Waals surface area contributed by atoms with Crippen LogP contribution in [0.15, 0.2) is 12.1 Å². The maximum Gasteiger partial charge on any atom is 0.282 e. The van der Waals surface area contributed by atoms with Gasteiger partial charge in [0.05, 0.1) is 5.01 Å². The number of hydrogen-bond acceptors (Lipinski definition) is 3. The first-order valence-electron chi connectivity index (χ1n) is 8.01. The molecule has 0 radical (unpaired) electrons. The summed E-state index contributed by atoms with van der Waals surface area (Å²) in [6.07, 6.45) is -2.19. The van der Waals surface area contributed by atoms with Gasteiger partial charge in [0.15, 0.2) is 0 Å². The van der Waals surface area contributed by atoms with Crippen LogP contribution < -0.4 is 5.32 Å². The number of aryl methyl sites for hydroxylation is 1.